The van der Waals surface area contributed by atoms with Crippen molar-refractivity contribution in [2.75, 3.05) is 32.6 Å². The molecule has 0 unspecified atom stereocenters. The molecular weight excluding hydrogens is 449 g/mol. The zero-order chi connectivity index (χ0) is 23.5. The Hall–Kier alpha value is -2.94. The second-order valence-electron chi connectivity index (χ2n) is 7.29. The van der Waals surface area contributed by atoms with Gasteiger partial charge in [-0.25, -0.2) is 0 Å². The van der Waals surface area contributed by atoms with Crippen LogP contribution in [0.3, 0.4) is 0 Å². The molecule has 1 aliphatic heterocycles. The van der Waals surface area contributed by atoms with Crippen LogP contribution in [0.1, 0.15) is 28.8 Å². The monoisotopic (exact) mass is 470 g/mol. The van der Waals surface area contributed by atoms with E-state index in [0.29, 0.717) is 43.0 Å². The first-order valence-electron chi connectivity index (χ1n) is 9.83. The molecule has 0 spiro atoms. The van der Waals surface area contributed by atoms with E-state index in [1.807, 2.05) is 0 Å². The summed E-state index contributed by atoms with van der Waals surface area (Å²) in [5.74, 6) is -0.341. The molecule has 3 rings (SSSR count). The third-order valence-corrected chi connectivity index (χ3v) is 5.66. The van der Waals surface area contributed by atoms with Crippen molar-refractivity contribution in [3.8, 4) is 11.5 Å². The number of likely N-dealkylation sites (tertiary alicyclic amines) is 1. The van der Waals surface area contributed by atoms with E-state index in [2.05, 4.69) is 5.32 Å². The molecule has 1 saturated heterocycles. The van der Waals surface area contributed by atoms with E-state index in [4.69, 9.17) is 21.1 Å². The number of hydrogen-bond donors (Lipinski definition) is 1. The number of carbonyl (C=O) groups is 2. The van der Waals surface area contributed by atoms with Gasteiger partial charge in [-0.05, 0) is 43.2 Å². The average molecular weight is 471 g/mol. The fraction of sp³-hybridized carbons (Fsp3) is 0.364. The highest BCUT2D eigenvalue weighted by Gasteiger charge is 2.34. The Labute approximate surface area is 188 Å². The third-order valence-electron chi connectivity index (χ3n) is 5.33. The van der Waals surface area contributed by atoms with Crippen LogP contribution in [0.25, 0.3) is 0 Å². The number of halogens is 4. The Morgan fingerprint density at radius 2 is 1.66 bits per heavy atom. The number of carbonyl (C=O) groups excluding carboxylic acids is 2. The lowest BCUT2D eigenvalue weighted by Crippen LogP contribution is -2.41. The largest absolute Gasteiger partial charge is 0.496 e. The van der Waals surface area contributed by atoms with Crippen LogP contribution in [0.5, 0.6) is 11.5 Å². The molecule has 0 aliphatic carbocycles. The normalized spacial score (nSPS) is 14.8. The Balaban J connectivity index is 1.65. The highest BCUT2D eigenvalue weighted by molar-refractivity contribution is 6.31. The minimum Gasteiger partial charge on any atom is -0.496 e. The van der Waals surface area contributed by atoms with Crippen molar-refractivity contribution in [2.45, 2.75) is 19.0 Å². The lowest BCUT2D eigenvalue weighted by Gasteiger charge is -2.32. The van der Waals surface area contributed by atoms with Gasteiger partial charge in [0, 0.05) is 24.7 Å². The molecule has 1 heterocycles. The van der Waals surface area contributed by atoms with E-state index in [-0.39, 0.29) is 11.6 Å². The van der Waals surface area contributed by atoms with Gasteiger partial charge >= 0.3 is 6.18 Å². The van der Waals surface area contributed by atoms with Crippen LogP contribution in [0.4, 0.5) is 18.9 Å². The fourth-order valence-corrected chi connectivity index (χ4v) is 3.85. The predicted octanol–water partition coefficient (Wildman–Crippen LogP) is 4.87. The molecule has 1 aliphatic rings. The van der Waals surface area contributed by atoms with Crippen molar-refractivity contribution < 1.29 is 32.2 Å². The molecule has 1 N–H and O–H groups in total. The molecule has 0 bridgehead atoms. The number of anilines is 1. The zero-order valence-electron chi connectivity index (χ0n) is 17.5. The number of amides is 2. The summed E-state index contributed by atoms with van der Waals surface area (Å²) in [7, 11) is 2.92. The average Bonchev–Trinajstić information content (AvgIpc) is 2.78. The SMILES string of the molecule is COc1cccc(OC)c1C(=O)N1CCC(C(=O)Nc2ccc(Cl)c(C(F)(F)F)c2)CC1. The fourth-order valence-electron chi connectivity index (χ4n) is 3.63. The molecule has 2 amide bonds. The van der Waals surface area contributed by atoms with E-state index in [1.165, 1.54) is 20.3 Å². The molecule has 0 atom stereocenters. The molecular formula is C22H22ClF3N2O4. The lowest BCUT2D eigenvalue weighted by atomic mass is 9.95. The number of methoxy groups -OCH3 is 2. The van der Waals surface area contributed by atoms with Crippen LogP contribution in [0, 0.1) is 5.92 Å². The molecule has 6 nitrogen and oxygen atoms in total. The van der Waals surface area contributed by atoms with Crippen LogP contribution < -0.4 is 14.8 Å². The molecule has 1 fully saturated rings. The number of nitrogens with zero attached hydrogens (tertiary/aromatic N) is 1. The maximum absolute atomic E-state index is 13.0. The summed E-state index contributed by atoms with van der Waals surface area (Å²) < 4.78 is 49.7. The third kappa shape index (κ3) is 5.09. The second-order valence-corrected chi connectivity index (χ2v) is 7.69. The minimum atomic E-state index is -4.62. The van der Waals surface area contributed by atoms with Gasteiger partial charge in [0.15, 0.2) is 0 Å². The molecule has 0 saturated carbocycles. The van der Waals surface area contributed by atoms with E-state index in [9.17, 15) is 22.8 Å². The summed E-state index contributed by atoms with van der Waals surface area (Å²) in [5.41, 5.74) is -0.687. The number of rotatable bonds is 5. The van der Waals surface area contributed by atoms with Gasteiger partial charge in [-0.15, -0.1) is 0 Å². The van der Waals surface area contributed by atoms with E-state index in [0.717, 1.165) is 12.1 Å². The van der Waals surface area contributed by atoms with Crippen molar-refractivity contribution in [2.24, 2.45) is 5.92 Å². The van der Waals surface area contributed by atoms with E-state index < -0.39 is 28.6 Å². The van der Waals surface area contributed by atoms with Crippen LogP contribution >= 0.6 is 11.6 Å². The first-order valence-corrected chi connectivity index (χ1v) is 10.2. The number of hydrogen-bond acceptors (Lipinski definition) is 4. The van der Waals surface area contributed by atoms with Crippen molar-refractivity contribution in [1.82, 2.24) is 4.90 Å². The molecule has 2 aromatic rings. The number of piperidine rings is 1. The highest BCUT2D eigenvalue weighted by atomic mass is 35.5. The van der Waals surface area contributed by atoms with Crippen molar-refractivity contribution >= 4 is 29.1 Å². The van der Waals surface area contributed by atoms with Gasteiger partial charge in [0.05, 0.1) is 24.8 Å². The number of benzene rings is 2. The van der Waals surface area contributed by atoms with Crippen LogP contribution in [0.15, 0.2) is 36.4 Å². The van der Waals surface area contributed by atoms with Gasteiger partial charge in [0.25, 0.3) is 5.91 Å². The summed E-state index contributed by atoms with van der Waals surface area (Å²) in [5, 5.41) is 2.09. The number of nitrogens with one attached hydrogen (secondary N) is 1. The van der Waals surface area contributed by atoms with Crippen molar-refractivity contribution in [3.05, 3.63) is 52.5 Å². The standard InChI is InChI=1S/C22H22ClF3N2O4/c1-31-17-4-3-5-18(32-2)19(17)21(30)28-10-8-13(9-11-28)20(29)27-14-6-7-16(23)15(12-14)22(24,25)26/h3-7,12-13H,8-11H2,1-2H3,(H,27,29). The van der Waals surface area contributed by atoms with Crippen molar-refractivity contribution in [3.63, 3.8) is 0 Å². The van der Waals surface area contributed by atoms with Gasteiger partial charge in [-0.2, -0.15) is 13.2 Å². The van der Waals surface area contributed by atoms with Gasteiger partial charge < -0.3 is 19.7 Å². The Kier molecular flexibility index (Phi) is 7.18. The van der Waals surface area contributed by atoms with Crippen molar-refractivity contribution in [1.29, 1.82) is 0 Å². The van der Waals surface area contributed by atoms with Gasteiger partial charge in [-0.3, -0.25) is 9.59 Å². The highest BCUT2D eigenvalue weighted by Crippen LogP contribution is 2.36. The Bertz CT molecular complexity index is 983. The van der Waals surface area contributed by atoms with Gasteiger partial charge in [0.2, 0.25) is 5.91 Å². The zero-order valence-corrected chi connectivity index (χ0v) is 18.2. The smallest absolute Gasteiger partial charge is 0.417 e. The molecule has 0 radical (unpaired) electrons. The summed E-state index contributed by atoms with van der Waals surface area (Å²) in [6, 6.07) is 8.28. The molecule has 2 aromatic carbocycles. The number of ether oxygens (including phenoxy) is 2. The molecule has 32 heavy (non-hydrogen) atoms. The molecule has 172 valence electrons. The topological polar surface area (TPSA) is 67.9 Å². The Morgan fingerprint density at radius 1 is 1.06 bits per heavy atom. The lowest BCUT2D eigenvalue weighted by molar-refractivity contribution is -0.137. The quantitative estimate of drug-likeness (QED) is 0.677. The maximum Gasteiger partial charge on any atom is 0.417 e. The van der Waals surface area contributed by atoms with Crippen LogP contribution in [0.2, 0.25) is 5.02 Å². The maximum atomic E-state index is 13.0. The van der Waals surface area contributed by atoms with Crippen LogP contribution in [-0.4, -0.2) is 44.0 Å². The summed E-state index contributed by atoms with van der Waals surface area (Å²) in [6.07, 6.45) is -3.88. The summed E-state index contributed by atoms with van der Waals surface area (Å²) >= 11 is 5.62. The first-order chi connectivity index (χ1) is 15.2. The molecule has 0 aromatic heterocycles. The van der Waals surface area contributed by atoms with Gasteiger partial charge in [-0.1, -0.05) is 17.7 Å². The predicted molar refractivity (Wildman–Crippen MR) is 113 cm³/mol. The van der Waals surface area contributed by atoms with Crippen LogP contribution in [-0.2, 0) is 11.0 Å². The Morgan fingerprint density at radius 3 is 2.19 bits per heavy atom. The minimum absolute atomic E-state index is 0.0176. The summed E-state index contributed by atoms with van der Waals surface area (Å²) in [6.45, 7) is 0.624. The first kappa shape index (κ1) is 23.7. The number of alkyl halides is 3. The van der Waals surface area contributed by atoms with Gasteiger partial charge in [0.1, 0.15) is 17.1 Å². The van der Waals surface area contributed by atoms with E-state index >= 15 is 0 Å². The van der Waals surface area contributed by atoms with E-state index in [1.54, 1.807) is 23.1 Å². The summed E-state index contributed by atoms with van der Waals surface area (Å²) in [4.78, 5) is 27.2. The molecule has 10 heteroatoms. The second kappa shape index (κ2) is 9.68.